The van der Waals surface area contributed by atoms with Crippen molar-refractivity contribution in [2.24, 2.45) is 0 Å². The van der Waals surface area contributed by atoms with E-state index in [1.165, 1.54) is 11.8 Å². The lowest BCUT2D eigenvalue weighted by atomic mass is 10.0. The van der Waals surface area contributed by atoms with Crippen LogP contribution < -0.4 is 5.56 Å². The van der Waals surface area contributed by atoms with Crippen molar-refractivity contribution >= 4 is 34.4 Å². The van der Waals surface area contributed by atoms with Gasteiger partial charge in [-0.3, -0.25) is 14.3 Å². The minimum atomic E-state index is -0.148. The van der Waals surface area contributed by atoms with Crippen LogP contribution >= 0.6 is 23.4 Å². The molecule has 0 N–H and O–H groups in total. The van der Waals surface area contributed by atoms with Crippen molar-refractivity contribution in [3.8, 4) is 22.4 Å². The van der Waals surface area contributed by atoms with Crippen LogP contribution in [0.1, 0.15) is 12.1 Å². The molecule has 0 amide bonds. The summed E-state index contributed by atoms with van der Waals surface area (Å²) in [5.41, 5.74) is 4.01. The predicted molar refractivity (Wildman–Crippen MR) is 127 cm³/mol. The Kier molecular flexibility index (Phi) is 6.15. The number of hydrogen-bond acceptors (Lipinski definition) is 6. The van der Waals surface area contributed by atoms with Gasteiger partial charge in [0, 0.05) is 46.0 Å². The maximum absolute atomic E-state index is 13.4. The highest BCUT2D eigenvalue weighted by Gasteiger charge is 2.16. The molecule has 6 nitrogen and oxygen atoms in total. The van der Waals surface area contributed by atoms with Crippen LogP contribution in [-0.2, 0) is 6.54 Å². The smallest absolute Gasteiger partial charge is 0.260 e. The van der Waals surface area contributed by atoms with Crippen LogP contribution in [-0.4, -0.2) is 30.8 Å². The molecule has 8 heteroatoms. The lowest BCUT2D eigenvalue weighted by Gasteiger charge is -2.13. The Balaban J connectivity index is 1.88. The number of halogens is 1. The molecule has 0 aliphatic carbocycles. The quantitative estimate of drug-likeness (QED) is 0.229. The molecule has 0 unspecified atom stereocenters. The minimum Gasteiger partial charge on any atom is -0.292 e. The van der Waals surface area contributed by atoms with E-state index in [1.807, 2.05) is 31.4 Å². The Morgan fingerprint density at radius 3 is 2.71 bits per heavy atom. The lowest BCUT2D eigenvalue weighted by molar-refractivity contribution is 0.697. The molecule has 0 bridgehead atoms. The number of nitrogens with zero attached hydrogens (tertiary/aromatic N) is 5. The van der Waals surface area contributed by atoms with Crippen LogP contribution in [0.5, 0.6) is 0 Å². The Labute approximate surface area is 189 Å². The monoisotopic (exact) mass is 449 g/mol. The van der Waals surface area contributed by atoms with Gasteiger partial charge < -0.3 is 0 Å². The van der Waals surface area contributed by atoms with Gasteiger partial charge in [-0.2, -0.15) is 0 Å². The first-order chi connectivity index (χ1) is 15.0. The maximum atomic E-state index is 13.4. The molecule has 3 heterocycles. The molecule has 156 valence electrons. The van der Waals surface area contributed by atoms with E-state index in [0.29, 0.717) is 39.9 Å². The average Bonchev–Trinajstić information content (AvgIpc) is 2.78. The van der Waals surface area contributed by atoms with Gasteiger partial charge in [0.05, 0.1) is 17.6 Å². The summed E-state index contributed by atoms with van der Waals surface area (Å²) in [4.78, 5) is 31.0. The largest absolute Gasteiger partial charge is 0.292 e. The lowest BCUT2D eigenvalue weighted by Crippen LogP contribution is -2.23. The fourth-order valence-electron chi connectivity index (χ4n) is 3.36. The van der Waals surface area contributed by atoms with Crippen LogP contribution in [0.4, 0.5) is 0 Å². The Morgan fingerprint density at radius 2 is 2.00 bits per heavy atom. The van der Waals surface area contributed by atoms with E-state index in [9.17, 15) is 4.79 Å². The predicted octanol–water partition coefficient (Wildman–Crippen LogP) is 5.18. The van der Waals surface area contributed by atoms with Crippen molar-refractivity contribution in [3.63, 3.8) is 0 Å². The van der Waals surface area contributed by atoms with Gasteiger partial charge in [0.1, 0.15) is 5.65 Å². The van der Waals surface area contributed by atoms with Crippen LogP contribution in [0, 0.1) is 6.92 Å². The average molecular weight is 450 g/mol. The highest BCUT2D eigenvalue weighted by Crippen LogP contribution is 2.31. The number of aromatic nitrogens is 5. The summed E-state index contributed by atoms with van der Waals surface area (Å²) >= 11 is 8.07. The van der Waals surface area contributed by atoms with Gasteiger partial charge in [-0.25, -0.2) is 15.0 Å². The highest BCUT2D eigenvalue weighted by atomic mass is 35.5. The second-order valence-electron chi connectivity index (χ2n) is 6.97. The summed E-state index contributed by atoms with van der Waals surface area (Å²) < 4.78 is 1.67. The fourth-order valence-corrected chi connectivity index (χ4v) is 3.98. The van der Waals surface area contributed by atoms with Crippen molar-refractivity contribution in [1.82, 2.24) is 24.5 Å². The summed E-state index contributed by atoms with van der Waals surface area (Å²) in [5, 5.41) is 1.86. The van der Waals surface area contributed by atoms with Gasteiger partial charge in [-0.1, -0.05) is 41.6 Å². The molecule has 0 saturated carbocycles. The maximum Gasteiger partial charge on any atom is 0.260 e. The van der Waals surface area contributed by atoms with Crippen molar-refractivity contribution < 1.29 is 0 Å². The first-order valence-corrected chi connectivity index (χ1v) is 11.3. The Hall–Kier alpha value is -3.03. The molecule has 31 heavy (non-hydrogen) atoms. The minimum absolute atomic E-state index is 0.148. The van der Waals surface area contributed by atoms with Gasteiger partial charge >= 0.3 is 0 Å². The molecular weight excluding hydrogens is 430 g/mol. The molecule has 4 aromatic rings. The van der Waals surface area contributed by atoms with Gasteiger partial charge in [-0.05, 0) is 31.7 Å². The Bertz CT molecular complexity index is 1350. The summed E-state index contributed by atoms with van der Waals surface area (Å²) in [7, 11) is 0. The van der Waals surface area contributed by atoms with E-state index in [-0.39, 0.29) is 5.56 Å². The van der Waals surface area contributed by atoms with E-state index in [4.69, 9.17) is 11.6 Å². The van der Waals surface area contributed by atoms with Crippen molar-refractivity contribution in [1.29, 1.82) is 0 Å². The SMILES string of the molecule is C=CCCn1c(=O)c(-c2ccc(-c3cncc(C)n3)cc2Cl)cc2cnc(SC)nc21. The van der Waals surface area contributed by atoms with Crippen LogP contribution in [0.25, 0.3) is 33.4 Å². The topological polar surface area (TPSA) is 73.6 Å². The van der Waals surface area contributed by atoms with Crippen molar-refractivity contribution in [2.45, 2.75) is 25.0 Å². The van der Waals surface area contributed by atoms with Crippen LogP contribution in [0.2, 0.25) is 5.02 Å². The molecule has 0 aliphatic heterocycles. The van der Waals surface area contributed by atoms with Gasteiger partial charge in [-0.15, -0.1) is 6.58 Å². The van der Waals surface area contributed by atoms with E-state index in [1.54, 1.807) is 35.3 Å². The number of pyridine rings is 1. The molecule has 4 rings (SSSR count). The molecule has 0 aliphatic rings. The standard InChI is InChI=1S/C23H20ClN5OS/c1-4-5-8-29-21-16(12-26-23(28-21)31-3)9-18(22(29)30)17-7-6-15(10-19(17)24)20-13-25-11-14(2)27-20/h4,6-7,9-13H,1,5,8H2,2-3H3. The number of thioether (sulfide) groups is 1. The molecule has 0 fully saturated rings. The van der Waals surface area contributed by atoms with Gasteiger partial charge in [0.25, 0.3) is 5.56 Å². The summed E-state index contributed by atoms with van der Waals surface area (Å²) in [6.07, 6.45) is 9.47. The Morgan fingerprint density at radius 1 is 1.16 bits per heavy atom. The van der Waals surface area contributed by atoms with Gasteiger partial charge in [0.15, 0.2) is 5.16 Å². The number of rotatable bonds is 6. The van der Waals surface area contributed by atoms with E-state index in [0.717, 1.165) is 22.3 Å². The van der Waals surface area contributed by atoms with E-state index >= 15 is 0 Å². The summed E-state index contributed by atoms with van der Waals surface area (Å²) in [5.74, 6) is 0. The zero-order valence-electron chi connectivity index (χ0n) is 17.2. The second kappa shape index (κ2) is 8.99. The van der Waals surface area contributed by atoms with Crippen molar-refractivity contribution in [2.75, 3.05) is 6.26 Å². The third kappa shape index (κ3) is 4.24. The number of allylic oxidation sites excluding steroid dienone is 1. The number of benzene rings is 1. The normalized spacial score (nSPS) is 11.1. The fraction of sp³-hybridized carbons (Fsp3) is 0.174. The van der Waals surface area contributed by atoms with E-state index < -0.39 is 0 Å². The summed E-state index contributed by atoms with van der Waals surface area (Å²) in [6.45, 7) is 6.14. The van der Waals surface area contributed by atoms with Crippen LogP contribution in [0.3, 0.4) is 0 Å². The van der Waals surface area contributed by atoms with E-state index in [2.05, 4.69) is 26.5 Å². The van der Waals surface area contributed by atoms with Crippen LogP contribution in [0.15, 0.2) is 65.5 Å². The zero-order valence-corrected chi connectivity index (χ0v) is 18.7. The first kappa shape index (κ1) is 21.2. The third-order valence-electron chi connectivity index (χ3n) is 4.85. The molecule has 0 saturated heterocycles. The summed E-state index contributed by atoms with van der Waals surface area (Å²) in [6, 6.07) is 7.36. The first-order valence-electron chi connectivity index (χ1n) is 9.66. The number of hydrogen-bond donors (Lipinski definition) is 0. The van der Waals surface area contributed by atoms with Gasteiger partial charge in [0.2, 0.25) is 0 Å². The highest BCUT2D eigenvalue weighted by molar-refractivity contribution is 7.98. The van der Waals surface area contributed by atoms with Crippen molar-refractivity contribution in [3.05, 3.63) is 76.6 Å². The second-order valence-corrected chi connectivity index (χ2v) is 8.15. The number of aryl methyl sites for hydroxylation is 2. The molecule has 0 spiro atoms. The third-order valence-corrected chi connectivity index (χ3v) is 5.73. The molecule has 0 radical (unpaired) electrons. The molecule has 1 aromatic carbocycles. The molecule has 3 aromatic heterocycles. The number of fused-ring (bicyclic) bond motifs is 1. The zero-order chi connectivity index (χ0) is 22.0. The molecule has 0 atom stereocenters. The molecular formula is C23H20ClN5OS.